The Morgan fingerprint density at radius 1 is 1.20 bits per heavy atom. The first-order chi connectivity index (χ1) is 15.8. The van der Waals surface area contributed by atoms with Crippen molar-refractivity contribution in [1.29, 1.82) is 0 Å². The molecule has 1 heterocycles. The summed E-state index contributed by atoms with van der Waals surface area (Å²) in [4.78, 5) is 24.9. The number of nitrogens with one attached hydrogen (secondary N) is 1. The first kappa shape index (κ1) is 27.9. The van der Waals surface area contributed by atoms with Crippen molar-refractivity contribution in [3.8, 4) is 5.69 Å². The molecule has 1 aromatic carbocycles. The molecule has 0 aliphatic heterocycles. The number of anilines is 1. The third kappa shape index (κ3) is 6.36. The van der Waals surface area contributed by atoms with Gasteiger partial charge in [0.15, 0.2) is 5.78 Å². The number of nitrogens with zero attached hydrogens (tertiary/aromatic N) is 1. The Kier molecular flexibility index (Phi) is 8.25. The predicted octanol–water partition coefficient (Wildman–Crippen LogP) is 0.244. The van der Waals surface area contributed by atoms with E-state index in [4.69, 9.17) is 5.73 Å². The number of Topliss-reactive ketones (excluding diaryl/α,β-unsaturated/α-hetero) is 1. The van der Waals surface area contributed by atoms with Crippen LogP contribution in [0, 0.1) is 12.3 Å². The van der Waals surface area contributed by atoms with Gasteiger partial charge in [-0.2, -0.15) is 0 Å². The Hall–Kier alpha value is -1.69. The van der Waals surface area contributed by atoms with Gasteiger partial charge in [-0.05, 0) is 68.2 Å². The number of ketones is 1. The molecule has 1 saturated carbocycles. The summed E-state index contributed by atoms with van der Waals surface area (Å²) in [6.45, 7) is 6.11. The average molecular weight is 512 g/mol. The summed E-state index contributed by atoms with van der Waals surface area (Å²) in [5.74, 6) is -0.417. The van der Waals surface area contributed by atoms with E-state index in [-0.39, 0.29) is 46.8 Å². The zero-order valence-corrected chi connectivity index (χ0v) is 23.4. The molecule has 0 spiro atoms. The number of benzene rings is 1. The molecule has 4 rings (SSSR count). The third-order valence-electron chi connectivity index (χ3n) is 6.69. The van der Waals surface area contributed by atoms with Crippen LogP contribution in [0.4, 0.5) is 5.69 Å². The van der Waals surface area contributed by atoms with Gasteiger partial charge in [0.1, 0.15) is 0 Å². The summed E-state index contributed by atoms with van der Waals surface area (Å²) < 4.78 is 39.2. The Balaban J connectivity index is 0.00000342. The maximum Gasteiger partial charge on any atom is 1.00 e. The largest absolute Gasteiger partial charge is 1.00 e. The molecular weight excluding hydrogens is 481 g/mol. The van der Waals surface area contributed by atoms with Crippen molar-refractivity contribution in [1.82, 2.24) is 4.57 Å². The molecule has 9 nitrogen and oxygen atoms in total. The molecule has 0 radical (unpaired) electrons. The molecule has 11 heteroatoms. The number of hydrogen-bond donors (Lipinski definition) is 2. The van der Waals surface area contributed by atoms with Gasteiger partial charge in [0, 0.05) is 41.3 Å². The van der Waals surface area contributed by atoms with Crippen molar-refractivity contribution >= 4 is 27.8 Å². The van der Waals surface area contributed by atoms with Crippen molar-refractivity contribution in [2.45, 2.75) is 71.4 Å². The molecule has 3 N–H and O–H groups in total. The number of fused-ring (bicyclic) bond motifs is 1. The zero-order valence-electron chi connectivity index (χ0n) is 20.6. The molecule has 1 amide bonds. The number of carbonyl (C=O) groups is 2. The number of primary amides is 1. The number of nitrogens with two attached hydrogens (primary N) is 1. The molecule has 0 atom stereocenters. The van der Waals surface area contributed by atoms with Crippen LogP contribution in [0.25, 0.3) is 5.69 Å². The summed E-state index contributed by atoms with van der Waals surface area (Å²) >= 11 is 0. The maximum atomic E-state index is 12.8. The fraction of sp³-hybridized carbons (Fsp3) is 0.500. The van der Waals surface area contributed by atoms with Gasteiger partial charge < -0.3 is 20.2 Å². The normalized spacial score (nSPS) is 21.7. The third-order valence-corrected chi connectivity index (χ3v) is 7.20. The number of amides is 1. The van der Waals surface area contributed by atoms with Crippen molar-refractivity contribution in [3.63, 3.8) is 0 Å². The van der Waals surface area contributed by atoms with E-state index in [1.807, 2.05) is 29.8 Å². The Bertz CT molecular complexity index is 1250. The first-order valence-corrected chi connectivity index (χ1v) is 12.8. The summed E-state index contributed by atoms with van der Waals surface area (Å²) in [7, 11) is -4.73. The molecule has 2 aromatic rings. The number of aryl methyl sites for hydroxylation is 1. The van der Waals surface area contributed by atoms with Gasteiger partial charge in [0.25, 0.3) is 5.91 Å². The van der Waals surface area contributed by atoms with Crippen LogP contribution in [0.3, 0.4) is 0 Å². The second-order valence-corrected chi connectivity index (χ2v) is 11.2. The molecule has 0 saturated heterocycles. The Morgan fingerprint density at radius 3 is 2.46 bits per heavy atom. The molecule has 0 bridgehead atoms. The van der Waals surface area contributed by atoms with Crippen LogP contribution < -0.4 is 40.6 Å². The molecule has 35 heavy (non-hydrogen) atoms. The van der Waals surface area contributed by atoms with Crippen LogP contribution in [0.2, 0.25) is 0 Å². The van der Waals surface area contributed by atoms with Crippen LogP contribution in [0.5, 0.6) is 0 Å². The van der Waals surface area contributed by atoms with Crippen molar-refractivity contribution in [3.05, 3.63) is 46.8 Å². The number of hydrogen-bond acceptors (Lipinski definition) is 7. The van der Waals surface area contributed by atoms with E-state index in [1.165, 1.54) is 0 Å². The van der Waals surface area contributed by atoms with Gasteiger partial charge in [0.2, 0.25) is 10.4 Å². The topological polar surface area (TPSA) is 144 Å². The second-order valence-electron chi connectivity index (χ2n) is 10.2. The molecule has 0 unspecified atom stereocenters. The van der Waals surface area contributed by atoms with Crippen molar-refractivity contribution < 1.29 is 56.3 Å². The van der Waals surface area contributed by atoms with E-state index in [2.05, 4.69) is 23.3 Å². The SMILES string of the molecule is Cc1cn(-c2ccc(C(N)=O)c(NC3CCC(OS(=O)(=O)[O-])CC3)c2)c2c1C(=O)CC(C)(C)C2.[Na+]. The summed E-state index contributed by atoms with van der Waals surface area (Å²) in [6, 6.07) is 5.32. The molecule has 1 fully saturated rings. The van der Waals surface area contributed by atoms with E-state index in [9.17, 15) is 22.6 Å². The van der Waals surface area contributed by atoms with Crippen LogP contribution in [-0.4, -0.2) is 41.4 Å². The van der Waals surface area contributed by atoms with Crippen LogP contribution in [0.1, 0.15) is 77.9 Å². The van der Waals surface area contributed by atoms with Gasteiger partial charge in [-0.25, -0.2) is 8.42 Å². The van der Waals surface area contributed by atoms with E-state index < -0.39 is 22.4 Å². The van der Waals surface area contributed by atoms with Crippen LogP contribution in [-0.2, 0) is 21.0 Å². The fourth-order valence-electron chi connectivity index (χ4n) is 5.21. The standard InChI is InChI=1S/C24H31N3O6S.Na/c1-14-13-27(20-11-24(2,3)12-21(28)22(14)20)16-6-9-18(23(25)29)19(10-16)26-15-4-7-17(8-5-15)33-34(30,31)32;/h6,9-10,13,15,17,26H,4-5,7-8,11-12H2,1-3H3,(H2,25,29)(H,30,31,32);/q;+1/p-1. The van der Waals surface area contributed by atoms with E-state index in [0.717, 1.165) is 28.9 Å². The van der Waals surface area contributed by atoms with E-state index in [1.54, 1.807) is 6.07 Å². The fourth-order valence-corrected chi connectivity index (χ4v) is 5.74. The van der Waals surface area contributed by atoms with Gasteiger partial charge >= 0.3 is 29.6 Å². The minimum Gasteiger partial charge on any atom is -0.726 e. The zero-order chi connectivity index (χ0) is 24.8. The smallest absolute Gasteiger partial charge is 0.726 e. The number of rotatable bonds is 6. The molecule has 2 aliphatic carbocycles. The summed E-state index contributed by atoms with van der Waals surface area (Å²) in [6.07, 6.45) is 4.56. The Labute approximate surface area is 228 Å². The first-order valence-electron chi connectivity index (χ1n) is 11.4. The molecule has 1 aromatic heterocycles. The van der Waals surface area contributed by atoms with Crippen molar-refractivity contribution in [2.24, 2.45) is 11.1 Å². The monoisotopic (exact) mass is 511 g/mol. The summed E-state index contributed by atoms with van der Waals surface area (Å²) in [5, 5.41) is 3.37. The van der Waals surface area contributed by atoms with Gasteiger partial charge in [0.05, 0.1) is 11.7 Å². The number of carbonyl (C=O) groups excluding carboxylic acids is 2. The van der Waals surface area contributed by atoms with Crippen LogP contribution >= 0.6 is 0 Å². The van der Waals surface area contributed by atoms with Crippen molar-refractivity contribution in [2.75, 3.05) is 5.32 Å². The predicted molar refractivity (Wildman–Crippen MR) is 126 cm³/mol. The molecule has 184 valence electrons. The summed E-state index contributed by atoms with van der Waals surface area (Å²) in [5.41, 5.74) is 9.89. The minimum absolute atomic E-state index is 0. The molecular formula is C24H30N3NaO6S. The van der Waals surface area contributed by atoms with Gasteiger partial charge in [-0.1, -0.05) is 13.8 Å². The van der Waals surface area contributed by atoms with E-state index >= 15 is 0 Å². The maximum absolute atomic E-state index is 12.8. The van der Waals surface area contributed by atoms with Gasteiger partial charge in [-0.3, -0.25) is 13.8 Å². The van der Waals surface area contributed by atoms with E-state index in [0.29, 0.717) is 43.4 Å². The average Bonchev–Trinajstić information content (AvgIpc) is 3.03. The second kappa shape index (κ2) is 10.4. The quantitative estimate of drug-likeness (QED) is 0.321. The Morgan fingerprint density at radius 2 is 1.86 bits per heavy atom. The molecule has 2 aliphatic rings. The minimum atomic E-state index is -4.73. The van der Waals surface area contributed by atoms with Crippen LogP contribution in [0.15, 0.2) is 24.4 Å². The number of aromatic nitrogens is 1. The van der Waals surface area contributed by atoms with Gasteiger partial charge in [-0.15, -0.1) is 0 Å².